The second kappa shape index (κ2) is 8.49. The van der Waals surface area contributed by atoms with Crippen molar-refractivity contribution in [3.05, 3.63) is 35.9 Å². The van der Waals surface area contributed by atoms with E-state index in [-0.39, 0.29) is 11.9 Å². The summed E-state index contributed by atoms with van der Waals surface area (Å²) < 4.78 is 0. The quantitative estimate of drug-likeness (QED) is 0.860. The van der Waals surface area contributed by atoms with Crippen LogP contribution >= 0.6 is 0 Å². The lowest BCUT2D eigenvalue weighted by molar-refractivity contribution is -0.689. The molecule has 0 bridgehead atoms. The minimum atomic E-state index is 0.235. The van der Waals surface area contributed by atoms with E-state index in [2.05, 4.69) is 45.1 Å². The maximum absolute atomic E-state index is 12.7. The zero-order valence-corrected chi connectivity index (χ0v) is 15.2. The highest BCUT2D eigenvalue weighted by molar-refractivity contribution is 5.77. The molecule has 3 nitrogen and oxygen atoms in total. The third-order valence-corrected chi connectivity index (χ3v) is 5.50. The van der Waals surface area contributed by atoms with Gasteiger partial charge in [-0.25, -0.2) is 0 Å². The van der Waals surface area contributed by atoms with Crippen LogP contribution in [0.2, 0.25) is 0 Å². The maximum atomic E-state index is 12.7. The predicted octanol–water partition coefficient (Wildman–Crippen LogP) is 2.81. The molecular formula is C20H33N2O+. The van der Waals surface area contributed by atoms with Crippen molar-refractivity contribution in [3.63, 3.8) is 0 Å². The average Bonchev–Trinajstić information content (AvgIpc) is 2.54. The molecule has 3 atom stereocenters. The standard InChI is InChI=1S/C20H32N2O/c1-15(2)22(14-18-10-6-5-7-11-18)20(23)13-21-19-12-8-9-16(3)17(19)4/h5-7,10-11,15-17,19,21H,8-9,12-14H2,1-4H3/p+1/t16-,17-,19+/m1/s1. The molecule has 1 aliphatic rings. The van der Waals surface area contributed by atoms with Crippen molar-refractivity contribution < 1.29 is 10.1 Å². The Morgan fingerprint density at radius 2 is 1.91 bits per heavy atom. The molecule has 1 fully saturated rings. The third-order valence-electron chi connectivity index (χ3n) is 5.50. The lowest BCUT2D eigenvalue weighted by atomic mass is 9.78. The van der Waals surface area contributed by atoms with Crippen LogP contribution in [0.25, 0.3) is 0 Å². The first kappa shape index (κ1) is 18.0. The predicted molar refractivity (Wildman–Crippen MR) is 94.9 cm³/mol. The molecule has 0 heterocycles. The molecule has 2 N–H and O–H groups in total. The molecule has 3 heteroatoms. The number of hydrogen-bond donors (Lipinski definition) is 1. The Hall–Kier alpha value is -1.35. The zero-order valence-electron chi connectivity index (χ0n) is 15.2. The summed E-state index contributed by atoms with van der Waals surface area (Å²) >= 11 is 0. The third kappa shape index (κ3) is 5.07. The normalized spacial score (nSPS) is 24.7. The summed E-state index contributed by atoms with van der Waals surface area (Å²) in [6, 6.07) is 11.1. The van der Waals surface area contributed by atoms with Gasteiger partial charge in [0.15, 0.2) is 6.54 Å². The van der Waals surface area contributed by atoms with E-state index in [1.165, 1.54) is 24.8 Å². The number of carbonyl (C=O) groups excluding carboxylic acids is 1. The van der Waals surface area contributed by atoms with Crippen molar-refractivity contribution >= 4 is 5.91 Å². The molecule has 1 aromatic carbocycles. The summed E-state index contributed by atoms with van der Waals surface area (Å²) in [5, 5.41) is 2.29. The van der Waals surface area contributed by atoms with Crippen molar-refractivity contribution in [1.82, 2.24) is 4.90 Å². The molecule has 1 aliphatic carbocycles. The van der Waals surface area contributed by atoms with Gasteiger partial charge in [0.2, 0.25) is 0 Å². The molecular weight excluding hydrogens is 284 g/mol. The highest BCUT2D eigenvalue weighted by atomic mass is 16.2. The Bertz CT molecular complexity index is 486. The van der Waals surface area contributed by atoms with E-state index < -0.39 is 0 Å². The number of amides is 1. The van der Waals surface area contributed by atoms with Gasteiger partial charge in [0.05, 0.1) is 6.04 Å². The molecule has 0 aliphatic heterocycles. The van der Waals surface area contributed by atoms with Crippen LogP contribution in [0, 0.1) is 11.8 Å². The highest BCUT2D eigenvalue weighted by Gasteiger charge is 2.30. The smallest absolute Gasteiger partial charge is 0.278 e. The number of quaternary nitrogens is 1. The topological polar surface area (TPSA) is 36.9 Å². The molecule has 0 unspecified atom stereocenters. The fraction of sp³-hybridized carbons (Fsp3) is 0.650. The number of nitrogens with two attached hydrogens (primary N) is 1. The van der Waals surface area contributed by atoms with Crippen LogP contribution < -0.4 is 5.32 Å². The van der Waals surface area contributed by atoms with E-state index in [1.807, 2.05) is 23.1 Å². The number of nitrogens with zero attached hydrogens (tertiary/aromatic N) is 1. The highest BCUT2D eigenvalue weighted by Crippen LogP contribution is 2.27. The van der Waals surface area contributed by atoms with Gasteiger partial charge < -0.3 is 10.2 Å². The van der Waals surface area contributed by atoms with Gasteiger partial charge in [-0.05, 0) is 44.6 Å². The lowest BCUT2D eigenvalue weighted by Gasteiger charge is -2.33. The summed E-state index contributed by atoms with van der Waals surface area (Å²) in [5.41, 5.74) is 1.20. The first-order valence-corrected chi connectivity index (χ1v) is 9.15. The molecule has 128 valence electrons. The Labute approximate surface area is 141 Å². The monoisotopic (exact) mass is 317 g/mol. The van der Waals surface area contributed by atoms with E-state index in [4.69, 9.17) is 0 Å². The SMILES string of the molecule is CC(C)N(Cc1ccccc1)C(=O)C[NH2+][C@H]1CCC[C@@H](C)[C@H]1C. The van der Waals surface area contributed by atoms with Gasteiger partial charge in [0.25, 0.3) is 5.91 Å². The van der Waals surface area contributed by atoms with Gasteiger partial charge in [-0.15, -0.1) is 0 Å². The minimum absolute atomic E-state index is 0.235. The van der Waals surface area contributed by atoms with Crippen LogP contribution in [0.4, 0.5) is 0 Å². The Balaban J connectivity index is 1.91. The summed E-state index contributed by atoms with van der Waals surface area (Å²) in [5.74, 6) is 1.75. The van der Waals surface area contributed by atoms with Crippen LogP contribution in [-0.4, -0.2) is 29.4 Å². The van der Waals surface area contributed by atoms with Crippen molar-refractivity contribution in [2.75, 3.05) is 6.54 Å². The van der Waals surface area contributed by atoms with Crippen molar-refractivity contribution in [2.45, 2.75) is 65.6 Å². The Kier molecular flexibility index (Phi) is 6.64. The molecule has 23 heavy (non-hydrogen) atoms. The van der Waals surface area contributed by atoms with Gasteiger partial charge >= 0.3 is 0 Å². The van der Waals surface area contributed by atoms with Crippen LogP contribution in [-0.2, 0) is 11.3 Å². The molecule has 1 amide bonds. The van der Waals surface area contributed by atoms with Gasteiger partial charge in [0, 0.05) is 18.5 Å². The second-order valence-corrected chi connectivity index (χ2v) is 7.47. The fourth-order valence-electron chi connectivity index (χ4n) is 3.66. The lowest BCUT2D eigenvalue weighted by Crippen LogP contribution is -2.93. The molecule has 0 saturated heterocycles. The Morgan fingerprint density at radius 1 is 1.22 bits per heavy atom. The molecule has 0 aromatic heterocycles. The van der Waals surface area contributed by atoms with Crippen LogP contribution in [0.1, 0.15) is 52.5 Å². The van der Waals surface area contributed by atoms with Crippen LogP contribution in [0.5, 0.6) is 0 Å². The minimum Gasteiger partial charge on any atom is -0.336 e. The number of carbonyl (C=O) groups is 1. The van der Waals surface area contributed by atoms with E-state index in [1.54, 1.807) is 0 Å². The summed E-state index contributed by atoms with van der Waals surface area (Å²) in [6.07, 6.45) is 3.89. The van der Waals surface area contributed by atoms with E-state index in [9.17, 15) is 4.79 Å². The van der Waals surface area contributed by atoms with E-state index in [0.717, 1.165) is 5.92 Å². The van der Waals surface area contributed by atoms with Crippen molar-refractivity contribution in [2.24, 2.45) is 11.8 Å². The summed E-state index contributed by atoms with van der Waals surface area (Å²) in [6.45, 7) is 10.2. The number of hydrogen-bond acceptors (Lipinski definition) is 1. The van der Waals surface area contributed by atoms with Gasteiger partial charge in [0.1, 0.15) is 0 Å². The van der Waals surface area contributed by atoms with E-state index >= 15 is 0 Å². The maximum Gasteiger partial charge on any atom is 0.278 e. The summed E-state index contributed by atoms with van der Waals surface area (Å²) in [4.78, 5) is 14.7. The largest absolute Gasteiger partial charge is 0.336 e. The molecule has 1 aromatic rings. The van der Waals surface area contributed by atoms with Crippen LogP contribution in [0.3, 0.4) is 0 Å². The first-order chi connectivity index (χ1) is 11.0. The first-order valence-electron chi connectivity index (χ1n) is 9.15. The van der Waals surface area contributed by atoms with Crippen LogP contribution in [0.15, 0.2) is 30.3 Å². The number of benzene rings is 1. The van der Waals surface area contributed by atoms with Crippen molar-refractivity contribution in [3.8, 4) is 0 Å². The second-order valence-electron chi connectivity index (χ2n) is 7.47. The van der Waals surface area contributed by atoms with E-state index in [0.29, 0.717) is 25.0 Å². The fourth-order valence-corrected chi connectivity index (χ4v) is 3.66. The molecule has 2 rings (SSSR count). The molecule has 0 spiro atoms. The molecule has 0 radical (unpaired) electrons. The summed E-state index contributed by atoms with van der Waals surface area (Å²) in [7, 11) is 0. The average molecular weight is 317 g/mol. The van der Waals surface area contributed by atoms with Gasteiger partial charge in [-0.3, -0.25) is 4.79 Å². The van der Waals surface area contributed by atoms with Crippen molar-refractivity contribution in [1.29, 1.82) is 0 Å². The van der Waals surface area contributed by atoms with Gasteiger partial charge in [-0.1, -0.05) is 44.2 Å². The van der Waals surface area contributed by atoms with Gasteiger partial charge in [-0.2, -0.15) is 0 Å². The number of rotatable bonds is 6. The molecule has 1 saturated carbocycles. The zero-order chi connectivity index (χ0) is 16.8. The Morgan fingerprint density at radius 3 is 2.57 bits per heavy atom.